The summed E-state index contributed by atoms with van der Waals surface area (Å²) in [5.74, 6) is 0.245. The fourth-order valence-corrected chi connectivity index (χ4v) is 2.91. The number of guanidine groups is 1. The highest BCUT2D eigenvalue weighted by atomic mass is 19.1. The van der Waals surface area contributed by atoms with Crippen molar-refractivity contribution >= 4 is 11.9 Å². The van der Waals surface area contributed by atoms with E-state index in [-0.39, 0.29) is 30.5 Å². The first-order valence-corrected chi connectivity index (χ1v) is 9.23. The molecule has 8 heteroatoms. The Morgan fingerprint density at radius 1 is 1.33 bits per heavy atom. The van der Waals surface area contributed by atoms with Crippen molar-refractivity contribution in [2.75, 3.05) is 46.4 Å². The van der Waals surface area contributed by atoms with Crippen LogP contribution in [0, 0.1) is 5.82 Å². The predicted octanol–water partition coefficient (Wildman–Crippen LogP) is 1.32. The summed E-state index contributed by atoms with van der Waals surface area (Å²) in [7, 11) is 1.59. The van der Waals surface area contributed by atoms with E-state index < -0.39 is 0 Å². The number of nitrogens with zero attached hydrogens (tertiary/aromatic N) is 2. The van der Waals surface area contributed by atoms with Gasteiger partial charge in [0.1, 0.15) is 18.5 Å². The van der Waals surface area contributed by atoms with E-state index in [0.29, 0.717) is 38.7 Å². The molecule has 2 N–H and O–H groups in total. The van der Waals surface area contributed by atoms with E-state index in [1.54, 1.807) is 19.2 Å². The quantitative estimate of drug-likeness (QED) is 0.424. The topological polar surface area (TPSA) is 75.2 Å². The van der Waals surface area contributed by atoms with Crippen molar-refractivity contribution in [1.82, 2.24) is 15.5 Å². The van der Waals surface area contributed by atoms with Gasteiger partial charge in [-0.15, -0.1) is 0 Å². The summed E-state index contributed by atoms with van der Waals surface area (Å²) in [6, 6.07) is 6.35. The number of morpholine rings is 1. The van der Waals surface area contributed by atoms with Crippen LogP contribution in [0.25, 0.3) is 0 Å². The Morgan fingerprint density at radius 2 is 2.07 bits per heavy atom. The number of hydrogen-bond acceptors (Lipinski definition) is 4. The lowest BCUT2D eigenvalue weighted by molar-refractivity contribution is -0.119. The maximum absolute atomic E-state index is 13.2. The van der Waals surface area contributed by atoms with E-state index in [4.69, 9.17) is 9.47 Å². The minimum absolute atomic E-state index is 0.0202. The van der Waals surface area contributed by atoms with Crippen LogP contribution in [0.4, 0.5) is 4.39 Å². The van der Waals surface area contributed by atoms with E-state index in [1.807, 2.05) is 13.8 Å². The fourth-order valence-electron chi connectivity index (χ4n) is 2.91. The highest BCUT2D eigenvalue weighted by Gasteiger charge is 2.28. The monoisotopic (exact) mass is 380 g/mol. The van der Waals surface area contributed by atoms with Crippen LogP contribution in [-0.2, 0) is 14.3 Å². The largest absolute Gasteiger partial charge is 0.383 e. The number of methoxy groups -OCH3 is 1. The van der Waals surface area contributed by atoms with Gasteiger partial charge >= 0.3 is 0 Å². The van der Waals surface area contributed by atoms with E-state index in [1.165, 1.54) is 12.1 Å². The number of nitrogens with one attached hydrogen (secondary N) is 2. The molecule has 2 unspecified atom stereocenters. The molecule has 150 valence electrons. The van der Waals surface area contributed by atoms with Crippen LogP contribution in [0.2, 0.25) is 0 Å². The molecule has 0 saturated carbocycles. The summed E-state index contributed by atoms with van der Waals surface area (Å²) < 4.78 is 24.1. The van der Waals surface area contributed by atoms with Crippen LogP contribution in [0.15, 0.2) is 29.3 Å². The summed E-state index contributed by atoms with van der Waals surface area (Å²) in [6.45, 7) is 6.87. The molecule has 7 nitrogen and oxygen atoms in total. The van der Waals surface area contributed by atoms with Crippen LogP contribution >= 0.6 is 0 Å². The number of ether oxygens (including phenoxy) is 2. The molecule has 27 heavy (non-hydrogen) atoms. The lowest BCUT2D eigenvalue weighted by Gasteiger charge is -2.38. The molecule has 1 amide bonds. The van der Waals surface area contributed by atoms with Gasteiger partial charge in [-0.05, 0) is 31.5 Å². The van der Waals surface area contributed by atoms with Gasteiger partial charge in [-0.2, -0.15) is 0 Å². The summed E-state index contributed by atoms with van der Waals surface area (Å²) in [4.78, 5) is 18.4. The molecule has 1 aliphatic heterocycles. The van der Waals surface area contributed by atoms with Gasteiger partial charge in [0.05, 0.1) is 19.3 Å². The third-order valence-corrected chi connectivity index (χ3v) is 4.14. The molecule has 0 bridgehead atoms. The molecule has 1 aromatic carbocycles. The average molecular weight is 380 g/mol. The lowest BCUT2D eigenvalue weighted by atomic mass is 10.1. The summed E-state index contributed by atoms with van der Waals surface area (Å²) >= 11 is 0. The van der Waals surface area contributed by atoms with Gasteiger partial charge in [0.15, 0.2) is 5.96 Å². The van der Waals surface area contributed by atoms with Crippen LogP contribution in [0.3, 0.4) is 0 Å². The van der Waals surface area contributed by atoms with Gasteiger partial charge in [0.2, 0.25) is 5.91 Å². The number of halogens is 1. The second-order valence-corrected chi connectivity index (χ2v) is 6.40. The third-order valence-electron chi connectivity index (χ3n) is 4.14. The molecule has 2 rings (SSSR count). The second-order valence-electron chi connectivity index (χ2n) is 6.40. The molecular formula is C19H29FN4O3. The SMILES string of the molecule is CCNC(=NCC(=O)NCCOC)N1CC(C)OC(c2ccc(F)cc2)C1. The molecule has 0 radical (unpaired) electrons. The molecule has 1 fully saturated rings. The fraction of sp³-hybridized carbons (Fsp3) is 0.579. The Bertz CT molecular complexity index is 624. The smallest absolute Gasteiger partial charge is 0.241 e. The average Bonchev–Trinajstić information content (AvgIpc) is 2.65. The Balaban J connectivity index is 2.04. The number of carbonyl (C=O) groups excluding carboxylic acids is 1. The molecule has 1 aromatic rings. The van der Waals surface area contributed by atoms with Crippen LogP contribution < -0.4 is 10.6 Å². The zero-order valence-corrected chi connectivity index (χ0v) is 16.2. The number of hydrogen-bond donors (Lipinski definition) is 2. The maximum atomic E-state index is 13.2. The van der Waals surface area contributed by atoms with Crippen molar-refractivity contribution in [3.05, 3.63) is 35.6 Å². The van der Waals surface area contributed by atoms with Gasteiger partial charge < -0.3 is 25.0 Å². The van der Waals surface area contributed by atoms with Crippen molar-refractivity contribution in [3.8, 4) is 0 Å². The minimum Gasteiger partial charge on any atom is -0.383 e. The Hall–Kier alpha value is -2.19. The number of benzene rings is 1. The second kappa shape index (κ2) is 10.8. The predicted molar refractivity (Wildman–Crippen MR) is 102 cm³/mol. The molecule has 1 aliphatic rings. The summed E-state index contributed by atoms with van der Waals surface area (Å²) in [5, 5.41) is 5.99. The van der Waals surface area contributed by atoms with E-state index >= 15 is 0 Å². The molecular weight excluding hydrogens is 351 g/mol. The molecule has 0 aromatic heterocycles. The molecule has 2 atom stereocenters. The Morgan fingerprint density at radius 3 is 2.74 bits per heavy atom. The van der Waals surface area contributed by atoms with Gasteiger partial charge in [0.25, 0.3) is 0 Å². The van der Waals surface area contributed by atoms with E-state index in [2.05, 4.69) is 20.5 Å². The summed E-state index contributed by atoms with van der Waals surface area (Å²) in [5.41, 5.74) is 0.918. The Labute approximate surface area is 159 Å². The van der Waals surface area contributed by atoms with Gasteiger partial charge in [-0.1, -0.05) is 12.1 Å². The number of carbonyl (C=O) groups is 1. The van der Waals surface area contributed by atoms with Gasteiger partial charge in [-0.25, -0.2) is 9.38 Å². The van der Waals surface area contributed by atoms with Crippen molar-refractivity contribution in [2.45, 2.75) is 26.1 Å². The highest BCUT2D eigenvalue weighted by Crippen LogP contribution is 2.25. The summed E-state index contributed by atoms with van der Waals surface area (Å²) in [6.07, 6.45) is -0.207. The van der Waals surface area contributed by atoms with Crippen molar-refractivity contribution in [2.24, 2.45) is 4.99 Å². The first kappa shape index (κ1) is 21.1. The minimum atomic E-state index is -0.270. The zero-order chi connectivity index (χ0) is 19.6. The molecule has 1 heterocycles. The van der Waals surface area contributed by atoms with E-state index in [9.17, 15) is 9.18 Å². The first-order valence-electron chi connectivity index (χ1n) is 9.23. The van der Waals surface area contributed by atoms with Crippen molar-refractivity contribution in [1.29, 1.82) is 0 Å². The zero-order valence-electron chi connectivity index (χ0n) is 16.2. The number of rotatable bonds is 7. The van der Waals surface area contributed by atoms with Gasteiger partial charge in [-0.3, -0.25) is 4.79 Å². The molecule has 1 saturated heterocycles. The lowest BCUT2D eigenvalue weighted by Crippen LogP contribution is -2.51. The molecule has 0 aliphatic carbocycles. The third kappa shape index (κ3) is 6.80. The van der Waals surface area contributed by atoms with Crippen molar-refractivity contribution < 1.29 is 18.7 Å². The van der Waals surface area contributed by atoms with Crippen LogP contribution in [-0.4, -0.2) is 69.3 Å². The van der Waals surface area contributed by atoms with Crippen molar-refractivity contribution in [3.63, 3.8) is 0 Å². The highest BCUT2D eigenvalue weighted by molar-refractivity contribution is 5.85. The standard InChI is InChI=1S/C19H29FN4O3/c1-4-21-19(23-11-18(25)22-9-10-26-3)24-12-14(2)27-17(13-24)15-5-7-16(20)8-6-15/h5-8,14,17H,4,9-13H2,1-3H3,(H,21,23)(H,22,25). The number of aliphatic imine (C=N–C) groups is 1. The first-order chi connectivity index (χ1) is 13.0. The Kier molecular flexibility index (Phi) is 8.47. The molecule has 0 spiro atoms. The van der Waals surface area contributed by atoms with Gasteiger partial charge in [0, 0.05) is 26.7 Å². The number of amides is 1. The van der Waals surface area contributed by atoms with Crippen LogP contribution in [0.1, 0.15) is 25.5 Å². The van der Waals surface area contributed by atoms with E-state index in [0.717, 1.165) is 5.56 Å². The maximum Gasteiger partial charge on any atom is 0.241 e. The van der Waals surface area contributed by atoms with Crippen LogP contribution in [0.5, 0.6) is 0 Å². The normalized spacial score (nSPS) is 20.4.